The van der Waals surface area contributed by atoms with Crippen molar-refractivity contribution in [1.82, 2.24) is 4.90 Å². The molecule has 3 N–H and O–H groups in total. The van der Waals surface area contributed by atoms with Crippen molar-refractivity contribution in [3.63, 3.8) is 0 Å². The lowest BCUT2D eigenvalue weighted by Crippen LogP contribution is -2.41. The number of amides is 2. The third kappa shape index (κ3) is 3.69. The molecular formula is C14H17FN2O4. The molecule has 0 aliphatic carbocycles. The lowest BCUT2D eigenvalue weighted by atomic mass is 9.98. The molecule has 0 aromatic heterocycles. The zero-order valence-electron chi connectivity index (χ0n) is 11.4. The van der Waals surface area contributed by atoms with Crippen LogP contribution >= 0.6 is 0 Å². The molecule has 1 fully saturated rings. The van der Waals surface area contributed by atoms with Gasteiger partial charge in [-0.2, -0.15) is 0 Å². The molecule has 114 valence electrons. The fraction of sp³-hybridized carbons (Fsp3) is 0.429. The predicted octanol–water partition coefficient (Wildman–Crippen LogP) is 1.76. The van der Waals surface area contributed by atoms with Gasteiger partial charge in [0.05, 0.1) is 5.56 Å². The molecule has 6 nitrogen and oxygen atoms in total. The average molecular weight is 296 g/mol. The van der Waals surface area contributed by atoms with Crippen LogP contribution in [0, 0.1) is 11.7 Å². The number of carbonyl (C=O) groups excluding carboxylic acids is 1. The Hall–Kier alpha value is -2.15. The number of aromatic carboxylic acids is 1. The summed E-state index contributed by atoms with van der Waals surface area (Å²) >= 11 is 0. The van der Waals surface area contributed by atoms with E-state index in [4.69, 9.17) is 10.2 Å². The predicted molar refractivity (Wildman–Crippen MR) is 73.8 cm³/mol. The summed E-state index contributed by atoms with van der Waals surface area (Å²) in [6.45, 7) is 1.19. The van der Waals surface area contributed by atoms with Crippen molar-refractivity contribution in [3.05, 3.63) is 29.6 Å². The molecule has 1 aromatic rings. The highest BCUT2D eigenvalue weighted by Gasteiger charge is 2.22. The normalized spacial score (nSPS) is 15.8. The summed E-state index contributed by atoms with van der Waals surface area (Å²) in [5, 5.41) is 20.3. The Morgan fingerprint density at radius 3 is 2.52 bits per heavy atom. The van der Waals surface area contributed by atoms with Gasteiger partial charge in [-0.1, -0.05) is 0 Å². The summed E-state index contributed by atoms with van der Waals surface area (Å²) in [5.74, 6) is -2.02. The fourth-order valence-electron chi connectivity index (χ4n) is 2.29. The number of carboxylic acids is 1. The topological polar surface area (TPSA) is 89.9 Å². The van der Waals surface area contributed by atoms with Crippen LogP contribution in [0.1, 0.15) is 23.2 Å². The number of hydrogen-bond donors (Lipinski definition) is 3. The first-order valence-electron chi connectivity index (χ1n) is 6.71. The number of carbonyl (C=O) groups is 2. The zero-order valence-corrected chi connectivity index (χ0v) is 11.4. The molecular weight excluding hydrogens is 279 g/mol. The smallest absolute Gasteiger partial charge is 0.338 e. The SMILES string of the molecule is O=C(O)c1ccc(NC(=O)N2CCC(CO)CC2)cc1F. The van der Waals surface area contributed by atoms with Gasteiger partial charge in [-0.05, 0) is 37.0 Å². The number of nitrogens with one attached hydrogen (secondary N) is 1. The van der Waals surface area contributed by atoms with Crippen molar-refractivity contribution in [3.8, 4) is 0 Å². The van der Waals surface area contributed by atoms with Gasteiger partial charge in [-0.3, -0.25) is 0 Å². The van der Waals surface area contributed by atoms with Gasteiger partial charge in [0, 0.05) is 25.4 Å². The van der Waals surface area contributed by atoms with Gasteiger partial charge in [0.15, 0.2) is 0 Å². The number of likely N-dealkylation sites (tertiary alicyclic amines) is 1. The van der Waals surface area contributed by atoms with E-state index in [-0.39, 0.29) is 24.2 Å². The van der Waals surface area contributed by atoms with Crippen LogP contribution in [0.25, 0.3) is 0 Å². The van der Waals surface area contributed by atoms with Crippen LogP contribution in [0.15, 0.2) is 18.2 Å². The number of aliphatic hydroxyl groups is 1. The monoisotopic (exact) mass is 296 g/mol. The Labute approximate surface area is 121 Å². The second kappa shape index (κ2) is 6.53. The lowest BCUT2D eigenvalue weighted by molar-refractivity contribution is 0.0692. The summed E-state index contributed by atoms with van der Waals surface area (Å²) in [7, 11) is 0. The van der Waals surface area contributed by atoms with Gasteiger partial charge in [-0.15, -0.1) is 0 Å². The molecule has 1 aliphatic heterocycles. The van der Waals surface area contributed by atoms with Crippen LogP contribution < -0.4 is 5.32 Å². The molecule has 1 aliphatic rings. The maximum absolute atomic E-state index is 13.5. The molecule has 0 spiro atoms. The first kappa shape index (κ1) is 15.2. The highest BCUT2D eigenvalue weighted by atomic mass is 19.1. The van der Waals surface area contributed by atoms with Gasteiger partial charge < -0.3 is 20.4 Å². The molecule has 7 heteroatoms. The minimum atomic E-state index is -1.35. The van der Waals surface area contributed by atoms with Crippen LogP contribution in [0.5, 0.6) is 0 Å². The Morgan fingerprint density at radius 1 is 1.33 bits per heavy atom. The molecule has 1 aromatic carbocycles. The van der Waals surface area contributed by atoms with E-state index in [2.05, 4.69) is 5.32 Å². The highest BCUT2D eigenvalue weighted by molar-refractivity contribution is 5.91. The molecule has 0 unspecified atom stereocenters. The van der Waals surface area contributed by atoms with E-state index in [1.54, 1.807) is 4.90 Å². The number of aliphatic hydroxyl groups excluding tert-OH is 1. The molecule has 2 rings (SSSR count). The van der Waals surface area contributed by atoms with E-state index in [1.165, 1.54) is 6.07 Å². The highest BCUT2D eigenvalue weighted by Crippen LogP contribution is 2.19. The standard InChI is InChI=1S/C14H17FN2O4/c15-12-7-10(1-2-11(12)13(19)20)16-14(21)17-5-3-9(8-18)4-6-17/h1-2,7,9,18H,3-6,8H2,(H,16,21)(H,19,20). The quantitative estimate of drug-likeness (QED) is 0.793. The van der Waals surface area contributed by atoms with Gasteiger partial charge in [0.1, 0.15) is 5.82 Å². The number of carboxylic acid groups (broad SMARTS) is 1. The molecule has 0 saturated carbocycles. The molecule has 2 amide bonds. The van der Waals surface area contributed by atoms with Gasteiger partial charge in [0.25, 0.3) is 0 Å². The van der Waals surface area contributed by atoms with E-state index in [9.17, 15) is 14.0 Å². The Balaban J connectivity index is 1.97. The fourth-order valence-corrected chi connectivity index (χ4v) is 2.29. The van der Waals surface area contributed by atoms with Crippen molar-refractivity contribution in [2.45, 2.75) is 12.8 Å². The third-order valence-corrected chi connectivity index (χ3v) is 3.61. The van der Waals surface area contributed by atoms with Gasteiger partial charge in [-0.25, -0.2) is 14.0 Å². The summed E-state index contributed by atoms with van der Waals surface area (Å²) in [5.41, 5.74) is -0.219. The summed E-state index contributed by atoms with van der Waals surface area (Å²) < 4.78 is 13.5. The number of halogens is 1. The number of anilines is 1. The average Bonchev–Trinajstić information content (AvgIpc) is 2.47. The van der Waals surface area contributed by atoms with Crippen LogP contribution in [0.3, 0.4) is 0 Å². The van der Waals surface area contributed by atoms with Crippen molar-refractivity contribution < 1.29 is 24.2 Å². The number of nitrogens with zero attached hydrogens (tertiary/aromatic N) is 1. The summed E-state index contributed by atoms with van der Waals surface area (Å²) in [4.78, 5) is 24.3. The second-order valence-electron chi connectivity index (χ2n) is 5.04. The van der Waals surface area contributed by atoms with E-state index in [0.717, 1.165) is 25.0 Å². The molecule has 0 bridgehead atoms. The number of urea groups is 1. The minimum Gasteiger partial charge on any atom is -0.478 e. The third-order valence-electron chi connectivity index (χ3n) is 3.61. The Kier molecular flexibility index (Phi) is 4.74. The number of benzene rings is 1. The number of rotatable bonds is 3. The molecule has 0 atom stereocenters. The summed E-state index contributed by atoms with van der Waals surface area (Å²) in [6.07, 6.45) is 1.46. The van der Waals surface area contributed by atoms with Crippen molar-refractivity contribution >= 4 is 17.7 Å². The maximum Gasteiger partial charge on any atom is 0.338 e. The largest absolute Gasteiger partial charge is 0.478 e. The van der Waals surface area contributed by atoms with E-state index in [0.29, 0.717) is 13.1 Å². The van der Waals surface area contributed by atoms with E-state index < -0.39 is 17.3 Å². The van der Waals surface area contributed by atoms with Gasteiger partial charge in [0.2, 0.25) is 0 Å². The molecule has 21 heavy (non-hydrogen) atoms. The van der Waals surface area contributed by atoms with Crippen molar-refractivity contribution in [2.75, 3.05) is 25.0 Å². The zero-order chi connectivity index (χ0) is 15.4. The van der Waals surface area contributed by atoms with E-state index >= 15 is 0 Å². The first-order valence-corrected chi connectivity index (χ1v) is 6.71. The maximum atomic E-state index is 13.5. The lowest BCUT2D eigenvalue weighted by Gasteiger charge is -2.31. The van der Waals surface area contributed by atoms with Crippen molar-refractivity contribution in [1.29, 1.82) is 0 Å². The van der Waals surface area contributed by atoms with Crippen LogP contribution in [-0.2, 0) is 0 Å². The van der Waals surface area contributed by atoms with Crippen LogP contribution in [-0.4, -0.2) is 46.8 Å². The second-order valence-corrected chi connectivity index (χ2v) is 5.04. The minimum absolute atomic E-state index is 0.122. The first-order chi connectivity index (χ1) is 10.0. The number of hydrogen-bond acceptors (Lipinski definition) is 3. The van der Waals surface area contributed by atoms with Crippen LogP contribution in [0.2, 0.25) is 0 Å². The Bertz CT molecular complexity index is 542. The van der Waals surface area contributed by atoms with Crippen LogP contribution in [0.4, 0.5) is 14.9 Å². The number of piperidine rings is 1. The Morgan fingerprint density at radius 2 is 2.00 bits per heavy atom. The van der Waals surface area contributed by atoms with Gasteiger partial charge >= 0.3 is 12.0 Å². The van der Waals surface area contributed by atoms with Crippen molar-refractivity contribution in [2.24, 2.45) is 5.92 Å². The molecule has 1 saturated heterocycles. The van der Waals surface area contributed by atoms with E-state index in [1.807, 2.05) is 0 Å². The molecule has 1 heterocycles. The summed E-state index contributed by atoms with van der Waals surface area (Å²) in [6, 6.07) is 3.10. The molecule has 0 radical (unpaired) electrons.